The summed E-state index contributed by atoms with van der Waals surface area (Å²) in [5.41, 5.74) is 7.59. The molecule has 3 nitrogen and oxygen atoms in total. The van der Waals surface area contributed by atoms with Crippen molar-refractivity contribution in [2.24, 2.45) is 5.11 Å². The van der Waals surface area contributed by atoms with Crippen LogP contribution in [0, 0.1) is 0 Å². The Morgan fingerprint density at radius 1 is 1.25 bits per heavy atom. The Morgan fingerprint density at radius 3 is 2.08 bits per heavy atom. The van der Waals surface area contributed by atoms with E-state index >= 15 is 0 Å². The van der Waals surface area contributed by atoms with Crippen molar-refractivity contribution in [1.82, 2.24) is 0 Å². The van der Waals surface area contributed by atoms with Gasteiger partial charge in [0.25, 0.3) is 0 Å². The van der Waals surface area contributed by atoms with Crippen LogP contribution >= 0.6 is 10.2 Å². The van der Waals surface area contributed by atoms with Crippen molar-refractivity contribution in [3.8, 4) is 0 Å². The van der Waals surface area contributed by atoms with Crippen molar-refractivity contribution in [1.29, 1.82) is 0 Å². The van der Waals surface area contributed by atoms with E-state index in [1.807, 2.05) is 0 Å². The Bertz CT molecular complexity index is 245. The molecule has 0 bridgehead atoms. The number of azide groups is 1. The first-order valence-corrected chi connectivity index (χ1v) is 4.48. The minimum absolute atomic E-state index is 0.0707. The second-order valence-corrected chi connectivity index (χ2v) is 4.14. The Morgan fingerprint density at radius 2 is 1.75 bits per heavy atom. The SMILES string of the molecule is [N-]=[N+]=NC/C=C/S(F)(F)(F)(F)F. The molecule has 0 heterocycles. The van der Waals surface area contributed by atoms with Crippen LogP contribution in [-0.4, -0.2) is 6.54 Å². The van der Waals surface area contributed by atoms with E-state index in [9.17, 15) is 19.4 Å². The van der Waals surface area contributed by atoms with E-state index in [-0.39, 0.29) is 6.08 Å². The minimum atomic E-state index is -9.45. The van der Waals surface area contributed by atoms with Crippen LogP contribution in [0.1, 0.15) is 0 Å². The summed E-state index contributed by atoms with van der Waals surface area (Å²) in [4.78, 5) is 2.08. The molecule has 0 atom stereocenters. The summed E-state index contributed by atoms with van der Waals surface area (Å²) in [5.74, 6) is 0. The summed E-state index contributed by atoms with van der Waals surface area (Å²) >= 11 is 0. The van der Waals surface area contributed by atoms with E-state index in [4.69, 9.17) is 5.53 Å². The Hall–Kier alpha value is -0.950. The van der Waals surface area contributed by atoms with Crippen LogP contribution in [0.3, 0.4) is 0 Å². The van der Waals surface area contributed by atoms with E-state index in [1.54, 1.807) is 0 Å². The lowest BCUT2D eigenvalue weighted by molar-refractivity contribution is 0.384. The highest BCUT2D eigenvalue weighted by Gasteiger charge is 2.60. The monoisotopic (exact) mass is 209 g/mol. The van der Waals surface area contributed by atoms with Crippen LogP contribution < -0.4 is 0 Å². The molecule has 0 radical (unpaired) electrons. The summed E-state index contributed by atoms with van der Waals surface area (Å²) in [6.45, 7) is -0.748. The molecule has 0 saturated carbocycles. The van der Waals surface area contributed by atoms with Crippen LogP contribution in [0.15, 0.2) is 16.6 Å². The van der Waals surface area contributed by atoms with Crippen molar-refractivity contribution in [3.05, 3.63) is 21.9 Å². The molecule has 0 aromatic rings. The lowest BCUT2D eigenvalue weighted by Crippen LogP contribution is -1.99. The number of halogens is 5. The normalized spacial score (nSPS) is 18.1. The van der Waals surface area contributed by atoms with Gasteiger partial charge in [-0.25, -0.2) is 0 Å². The van der Waals surface area contributed by atoms with Crippen LogP contribution in [0.5, 0.6) is 0 Å². The Balaban J connectivity index is 4.47. The smallest absolute Gasteiger partial charge is 0.0942 e. The second-order valence-electron chi connectivity index (χ2n) is 1.81. The first-order chi connectivity index (χ1) is 5.04. The zero-order chi connectivity index (χ0) is 9.94. The molecule has 0 aromatic carbocycles. The average molecular weight is 209 g/mol. The van der Waals surface area contributed by atoms with E-state index in [1.165, 1.54) is 0 Å². The largest absolute Gasteiger partial charge is 0.304 e. The van der Waals surface area contributed by atoms with Crippen molar-refractivity contribution in [3.63, 3.8) is 0 Å². The molecule has 0 aliphatic heterocycles. The standard InChI is InChI=1S/C3H4F5N3S/c4-12(5,6,7,8)3-1-2-10-11-9/h1,3H,2H2/b3-1+. The third-order valence-corrected chi connectivity index (χ3v) is 1.31. The average Bonchev–Trinajstić information content (AvgIpc) is 1.75. The first-order valence-electron chi connectivity index (χ1n) is 2.47. The van der Waals surface area contributed by atoms with Crippen LogP contribution in [0.4, 0.5) is 19.4 Å². The number of hydrogen-bond donors (Lipinski definition) is 0. The fraction of sp³-hybridized carbons (Fsp3) is 0.333. The third kappa shape index (κ3) is 9.05. The van der Waals surface area contributed by atoms with E-state index < -0.39 is 22.2 Å². The van der Waals surface area contributed by atoms with Crippen LogP contribution in [0.25, 0.3) is 10.4 Å². The van der Waals surface area contributed by atoms with Gasteiger partial charge in [-0.15, -0.1) is 0 Å². The van der Waals surface area contributed by atoms with E-state index in [2.05, 4.69) is 10.0 Å². The van der Waals surface area contributed by atoms with Crippen molar-refractivity contribution in [2.45, 2.75) is 0 Å². The highest BCUT2D eigenvalue weighted by Crippen LogP contribution is 2.98. The van der Waals surface area contributed by atoms with E-state index in [0.717, 1.165) is 0 Å². The highest BCUT2D eigenvalue weighted by molar-refractivity contribution is 8.48. The zero-order valence-electron chi connectivity index (χ0n) is 5.50. The van der Waals surface area contributed by atoms with Crippen molar-refractivity contribution < 1.29 is 19.4 Å². The lowest BCUT2D eigenvalue weighted by atomic mass is 10.7. The van der Waals surface area contributed by atoms with Gasteiger partial charge in [-0.1, -0.05) is 30.6 Å². The van der Waals surface area contributed by atoms with Crippen LogP contribution in [0.2, 0.25) is 0 Å². The van der Waals surface area contributed by atoms with Crippen molar-refractivity contribution >= 4 is 10.2 Å². The van der Waals surface area contributed by atoms with Gasteiger partial charge in [0.2, 0.25) is 0 Å². The molecule has 0 N–H and O–H groups in total. The molecule has 0 amide bonds. The fourth-order valence-corrected chi connectivity index (χ4v) is 0.758. The topological polar surface area (TPSA) is 48.8 Å². The summed E-state index contributed by atoms with van der Waals surface area (Å²) in [5, 5.41) is 1.47. The molecule has 0 aromatic heterocycles. The third-order valence-electron chi connectivity index (χ3n) is 0.604. The first kappa shape index (κ1) is 11.1. The summed E-state index contributed by atoms with van der Waals surface area (Å²) in [6.07, 6.45) is 0.0707. The zero-order valence-corrected chi connectivity index (χ0v) is 6.32. The molecule has 0 saturated heterocycles. The molecular weight excluding hydrogens is 205 g/mol. The molecule has 12 heavy (non-hydrogen) atoms. The van der Waals surface area contributed by atoms with E-state index in [0.29, 0.717) is 0 Å². The molecule has 0 aliphatic rings. The fourth-order valence-electron chi connectivity index (χ4n) is 0.309. The molecular formula is C3H4F5N3S. The number of rotatable bonds is 3. The molecule has 9 heteroatoms. The minimum Gasteiger partial charge on any atom is -0.0942 e. The van der Waals surface area contributed by atoms with Gasteiger partial charge >= 0.3 is 10.2 Å². The van der Waals surface area contributed by atoms with Gasteiger partial charge in [-0.3, -0.25) is 0 Å². The van der Waals surface area contributed by atoms with Gasteiger partial charge in [0.15, 0.2) is 0 Å². The maximum Gasteiger partial charge on any atom is 0.304 e. The Labute approximate surface area is 64.2 Å². The Kier molecular flexibility index (Phi) is 2.09. The molecule has 0 fully saturated rings. The van der Waals surface area contributed by atoms with Crippen LogP contribution in [-0.2, 0) is 0 Å². The predicted octanol–water partition coefficient (Wildman–Crippen LogP) is 4.11. The summed E-state index contributed by atoms with van der Waals surface area (Å²) in [6, 6.07) is 0. The highest BCUT2D eigenvalue weighted by atomic mass is 32.5. The van der Waals surface area contributed by atoms with Crippen molar-refractivity contribution in [2.75, 3.05) is 6.54 Å². The van der Waals surface area contributed by atoms with Gasteiger partial charge in [-0.05, 0) is 5.53 Å². The predicted molar refractivity (Wildman–Crippen MR) is 36.3 cm³/mol. The van der Waals surface area contributed by atoms with Gasteiger partial charge in [0, 0.05) is 11.5 Å². The quantitative estimate of drug-likeness (QED) is 0.290. The molecule has 0 rings (SSSR count). The maximum atomic E-state index is 11.4. The summed E-state index contributed by atoms with van der Waals surface area (Å²) < 4.78 is 57.1. The summed E-state index contributed by atoms with van der Waals surface area (Å²) in [7, 11) is -9.45. The molecule has 0 aliphatic carbocycles. The lowest BCUT2D eigenvalue weighted by Gasteiger charge is -2.36. The van der Waals surface area contributed by atoms with Gasteiger partial charge < -0.3 is 0 Å². The molecule has 0 spiro atoms. The second kappa shape index (κ2) is 2.27. The van der Waals surface area contributed by atoms with Gasteiger partial charge in [0.1, 0.15) is 0 Å². The molecule has 72 valence electrons. The van der Waals surface area contributed by atoms with Gasteiger partial charge in [-0.2, -0.15) is 0 Å². The number of nitrogens with zero attached hydrogens (tertiary/aromatic N) is 3. The molecule has 0 unspecified atom stereocenters. The number of hydrogen-bond acceptors (Lipinski definition) is 1. The maximum absolute atomic E-state index is 11.4. The van der Waals surface area contributed by atoms with Gasteiger partial charge in [0.05, 0.1) is 5.41 Å².